The third kappa shape index (κ3) is 3.04. The first-order valence-electron chi connectivity index (χ1n) is 4.89. The molecular formula is C9H15BrN4O. The lowest BCUT2D eigenvalue weighted by molar-refractivity contribution is 0.740. The molecule has 0 aliphatic carbocycles. The van der Waals surface area contributed by atoms with Gasteiger partial charge < -0.3 is 15.6 Å². The normalized spacial score (nSPS) is 10.3. The molecule has 15 heavy (non-hydrogen) atoms. The second-order valence-electron chi connectivity index (χ2n) is 3.09. The number of nitrogens with one attached hydrogen (secondary N) is 1. The van der Waals surface area contributed by atoms with Crippen LogP contribution in [0.4, 0.5) is 5.82 Å². The van der Waals surface area contributed by atoms with E-state index in [-0.39, 0.29) is 5.56 Å². The molecule has 1 aromatic heterocycles. The van der Waals surface area contributed by atoms with Crippen LogP contribution >= 0.6 is 15.9 Å². The molecule has 6 heteroatoms. The first-order valence-corrected chi connectivity index (χ1v) is 5.68. The Kier molecular flexibility index (Phi) is 4.77. The predicted molar refractivity (Wildman–Crippen MR) is 64.1 cm³/mol. The summed E-state index contributed by atoms with van der Waals surface area (Å²) in [6.45, 7) is 4.26. The van der Waals surface area contributed by atoms with Gasteiger partial charge in [0.05, 0.1) is 6.33 Å². The van der Waals surface area contributed by atoms with Crippen LogP contribution in [0.25, 0.3) is 0 Å². The van der Waals surface area contributed by atoms with Crippen LogP contribution in [0, 0.1) is 0 Å². The van der Waals surface area contributed by atoms with Crippen LogP contribution < -0.4 is 16.2 Å². The first-order chi connectivity index (χ1) is 7.20. The van der Waals surface area contributed by atoms with Crippen molar-refractivity contribution in [2.24, 2.45) is 5.73 Å². The second kappa shape index (κ2) is 5.87. The number of halogens is 1. The number of aromatic nitrogens is 2. The third-order valence-electron chi connectivity index (χ3n) is 2.09. The van der Waals surface area contributed by atoms with Gasteiger partial charge in [0.2, 0.25) is 0 Å². The maximum absolute atomic E-state index is 11.3. The summed E-state index contributed by atoms with van der Waals surface area (Å²) in [5.41, 5.74) is 5.29. The minimum atomic E-state index is -0.161. The van der Waals surface area contributed by atoms with Crippen molar-refractivity contribution in [1.29, 1.82) is 0 Å². The van der Waals surface area contributed by atoms with E-state index in [1.54, 1.807) is 0 Å². The molecule has 5 nitrogen and oxygen atoms in total. The van der Waals surface area contributed by atoms with E-state index in [0.717, 1.165) is 19.5 Å². The van der Waals surface area contributed by atoms with Gasteiger partial charge in [-0.25, -0.2) is 4.98 Å². The molecule has 1 aromatic rings. The summed E-state index contributed by atoms with van der Waals surface area (Å²) in [5.74, 6) is 0.676. The molecule has 84 valence electrons. The van der Waals surface area contributed by atoms with Crippen molar-refractivity contribution in [2.75, 3.05) is 24.5 Å². The van der Waals surface area contributed by atoms with Crippen molar-refractivity contribution in [3.05, 3.63) is 21.2 Å². The smallest absolute Gasteiger partial charge is 0.267 e. The Morgan fingerprint density at radius 2 is 2.40 bits per heavy atom. The molecule has 1 rings (SSSR count). The van der Waals surface area contributed by atoms with Gasteiger partial charge in [-0.1, -0.05) is 0 Å². The average molecular weight is 275 g/mol. The van der Waals surface area contributed by atoms with Crippen LogP contribution in [0.2, 0.25) is 0 Å². The molecular weight excluding hydrogens is 260 g/mol. The summed E-state index contributed by atoms with van der Waals surface area (Å²) < 4.78 is 0.476. The predicted octanol–water partition coefficient (Wildman–Crippen LogP) is 0.707. The number of hydrogen-bond acceptors (Lipinski definition) is 4. The number of hydrogen-bond donors (Lipinski definition) is 2. The molecule has 0 radical (unpaired) electrons. The summed E-state index contributed by atoms with van der Waals surface area (Å²) in [5, 5.41) is 0. The SMILES string of the molecule is CCN(CCCN)c1nc[nH]c(=O)c1Br. The van der Waals surface area contributed by atoms with Gasteiger partial charge in [0, 0.05) is 13.1 Å². The van der Waals surface area contributed by atoms with Crippen molar-refractivity contribution < 1.29 is 0 Å². The van der Waals surface area contributed by atoms with Gasteiger partial charge in [0.25, 0.3) is 5.56 Å². The van der Waals surface area contributed by atoms with Crippen molar-refractivity contribution in [3.8, 4) is 0 Å². The lowest BCUT2D eigenvalue weighted by Gasteiger charge is -2.21. The highest BCUT2D eigenvalue weighted by molar-refractivity contribution is 9.10. The number of H-pyrrole nitrogens is 1. The van der Waals surface area contributed by atoms with E-state index in [2.05, 4.69) is 25.9 Å². The lowest BCUT2D eigenvalue weighted by atomic mass is 10.3. The maximum Gasteiger partial charge on any atom is 0.267 e. The molecule has 0 fully saturated rings. The van der Waals surface area contributed by atoms with E-state index in [1.165, 1.54) is 6.33 Å². The first kappa shape index (κ1) is 12.2. The van der Waals surface area contributed by atoms with E-state index < -0.39 is 0 Å². The van der Waals surface area contributed by atoms with Crippen LogP contribution in [0.15, 0.2) is 15.6 Å². The van der Waals surface area contributed by atoms with Gasteiger partial charge in [-0.2, -0.15) is 0 Å². The van der Waals surface area contributed by atoms with E-state index >= 15 is 0 Å². The molecule has 1 heterocycles. The topological polar surface area (TPSA) is 75.0 Å². The van der Waals surface area contributed by atoms with Crippen molar-refractivity contribution in [1.82, 2.24) is 9.97 Å². The average Bonchev–Trinajstić information content (AvgIpc) is 2.25. The van der Waals surface area contributed by atoms with Crippen LogP contribution in [0.3, 0.4) is 0 Å². The molecule has 0 aliphatic rings. The fourth-order valence-corrected chi connectivity index (χ4v) is 1.76. The van der Waals surface area contributed by atoms with Crippen molar-refractivity contribution in [3.63, 3.8) is 0 Å². The number of rotatable bonds is 5. The van der Waals surface area contributed by atoms with E-state index in [9.17, 15) is 4.79 Å². The van der Waals surface area contributed by atoms with Gasteiger partial charge in [-0.05, 0) is 35.8 Å². The van der Waals surface area contributed by atoms with Crippen molar-refractivity contribution in [2.45, 2.75) is 13.3 Å². The monoisotopic (exact) mass is 274 g/mol. The van der Waals surface area contributed by atoms with Crippen LogP contribution in [-0.2, 0) is 0 Å². The molecule has 0 spiro atoms. The van der Waals surface area contributed by atoms with Crippen LogP contribution in [0.1, 0.15) is 13.3 Å². The van der Waals surface area contributed by atoms with Crippen molar-refractivity contribution >= 4 is 21.7 Å². The Bertz CT molecular complexity index is 365. The fourth-order valence-electron chi connectivity index (χ4n) is 1.29. The number of nitrogens with two attached hydrogens (primary N) is 1. The summed E-state index contributed by atoms with van der Waals surface area (Å²) >= 11 is 3.23. The molecule has 0 saturated heterocycles. The highest BCUT2D eigenvalue weighted by Gasteiger charge is 2.11. The van der Waals surface area contributed by atoms with Gasteiger partial charge in [0.1, 0.15) is 10.3 Å². The van der Waals surface area contributed by atoms with Crippen LogP contribution in [-0.4, -0.2) is 29.6 Å². The highest BCUT2D eigenvalue weighted by atomic mass is 79.9. The molecule has 0 saturated carbocycles. The zero-order valence-electron chi connectivity index (χ0n) is 8.66. The van der Waals surface area contributed by atoms with Gasteiger partial charge in [-0.15, -0.1) is 0 Å². The summed E-state index contributed by atoms with van der Waals surface area (Å²) in [4.78, 5) is 20.0. The number of aromatic amines is 1. The minimum Gasteiger partial charge on any atom is -0.356 e. The summed E-state index contributed by atoms with van der Waals surface area (Å²) in [6, 6.07) is 0. The Morgan fingerprint density at radius 1 is 1.67 bits per heavy atom. The zero-order valence-corrected chi connectivity index (χ0v) is 10.2. The second-order valence-corrected chi connectivity index (χ2v) is 3.88. The lowest BCUT2D eigenvalue weighted by Crippen LogP contribution is -2.28. The Labute approximate surface area is 96.8 Å². The molecule has 0 atom stereocenters. The Hall–Kier alpha value is -0.880. The summed E-state index contributed by atoms with van der Waals surface area (Å²) in [6.07, 6.45) is 2.29. The molecule has 0 aliphatic heterocycles. The van der Waals surface area contributed by atoms with E-state index in [0.29, 0.717) is 16.8 Å². The van der Waals surface area contributed by atoms with Gasteiger partial charge in [-0.3, -0.25) is 4.79 Å². The van der Waals surface area contributed by atoms with E-state index in [4.69, 9.17) is 5.73 Å². The third-order valence-corrected chi connectivity index (χ3v) is 2.81. The fraction of sp³-hybridized carbons (Fsp3) is 0.556. The number of anilines is 1. The summed E-state index contributed by atoms with van der Waals surface area (Å²) in [7, 11) is 0. The molecule has 3 N–H and O–H groups in total. The minimum absolute atomic E-state index is 0.161. The molecule has 0 aromatic carbocycles. The van der Waals surface area contributed by atoms with E-state index in [1.807, 2.05) is 11.8 Å². The largest absolute Gasteiger partial charge is 0.356 e. The standard InChI is InChI=1S/C9H15BrN4O/c1-2-14(5-3-4-11)8-7(10)9(15)13-6-12-8/h6H,2-5,11H2,1H3,(H,12,13,15). The van der Waals surface area contributed by atoms with Gasteiger partial charge >= 0.3 is 0 Å². The number of nitrogens with zero attached hydrogens (tertiary/aromatic N) is 2. The maximum atomic E-state index is 11.3. The van der Waals surface area contributed by atoms with Gasteiger partial charge in [0.15, 0.2) is 0 Å². The zero-order chi connectivity index (χ0) is 11.3. The Morgan fingerprint density at radius 3 is 3.00 bits per heavy atom. The highest BCUT2D eigenvalue weighted by Crippen LogP contribution is 2.18. The molecule has 0 bridgehead atoms. The Balaban J connectivity index is 2.91. The molecule has 0 unspecified atom stereocenters. The quantitative estimate of drug-likeness (QED) is 0.829. The molecule has 0 amide bonds. The van der Waals surface area contributed by atoms with Crippen LogP contribution in [0.5, 0.6) is 0 Å².